The Balaban J connectivity index is 1.22. The number of benzene rings is 2. The number of nitrogens with one attached hydrogen (secondary N) is 3. The quantitative estimate of drug-likeness (QED) is 0.199. The molecule has 246 valence electrons. The molecule has 2 amide bonds. The smallest absolute Gasteiger partial charge is 0.223 e. The average molecular weight is 640 g/mol. The highest BCUT2D eigenvalue weighted by molar-refractivity contribution is 5.84. The number of hydrogen-bond acceptors (Lipinski definition) is 8. The van der Waals surface area contributed by atoms with Gasteiger partial charge in [0.05, 0.1) is 50.1 Å². The molecule has 1 aliphatic heterocycles. The number of nitrogens with zero attached hydrogens (tertiary/aromatic N) is 2. The molecule has 1 fully saturated rings. The third kappa shape index (κ3) is 6.34. The fourth-order valence-corrected chi connectivity index (χ4v) is 6.94. The first-order chi connectivity index (χ1) is 22.8. The Morgan fingerprint density at radius 2 is 1.83 bits per heavy atom. The zero-order valence-electron chi connectivity index (χ0n) is 27.3. The highest BCUT2D eigenvalue weighted by atomic mass is 16.5. The van der Waals surface area contributed by atoms with Gasteiger partial charge < -0.3 is 34.7 Å². The van der Waals surface area contributed by atoms with Gasteiger partial charge in [-0.1, -0.05) is 18.2 Å². The molecule has 0 radical (unpaired) electrons. The maximum Gasteiger partial charge on any atom is 0.223 e. The number of aryl methyl sites for hydroxylation is 1. The number of likely N-dealkylation sites (tertiary alicyclic amines) is 1. The van der Waals surface area contributed by atoms with Crippen molar-refractivity contribution >= 4 is 28.5 Å². The Morgan fingerprint density at radius 3 is 2.57 bits per heavy atom. The summed E-state index contributed by atoms with van der Waals surface area (Å²) in [5.41, 5.74) is 5.29. The number of fused-ring (bicyclic) bond motifs is 4. The number of H-pyrrole nitrogens is 1. The first-order valence-electron chi connectivity index (χ1n) is 16.1. The van der Waals surface area contributed by atoms with Crippen molar-refractivity contribution in [3.63, 3.8) is 0 Å². The van der Waals surface area contributed by atoms with Crippen LogP contribution in [-0.4, -0.2) is 61.1 Å². The van der Waals surface area contributed by atoms with Crippen molar-refractivity contribution < 1.29 is 23.8 Å². The number of hydrogen-bond donors (Lipinski definition) is 3. The maximum absolute atomic E-state index is 13.6. The predicted molar refractivity (Wildman–Crippen MR) is 180 cm³/mol. The Hall–Kier alpha value is -5.06. The van der Waals surface area contributed by atoms with Crippen molar-refractivity contribution in [2.75, 3.05) is 39.7 Å². The Kier molecular flexibility index (Phi) is 9.33. The predicted octanol–water partition coefficient (Wildman–Crippen LogP) is 5.30. The minimum absolute atomic E-state index is 0.0605. The zero-order valence-corrected chi connectivity index (χ0v) is 27.3. The van der Waals surface area contributed by atoms with Crippen molar-refractivity contribution in [3.8, 4) is 28.4 Å². The Labute approximate surface area is 273 Å². The van der Waals surface area contributed by atoms with Crippen LogP contribution < -0.4 is 30.3 Å². The zero-order chi connectivity index (χ0) is 33.1. The summed E-state index contributed by atoms with van der Waals surface area (Å²) in [6.07, 6.45) is 3.92. The number of ether oxygens (including phenoxy) is 3. The number of carbonyl (C=O) groups is 2. The summed E-state index contributed by atoms with van der Waals surface area (Å²) in [5.74, 6) is 2.22. The third-order valence-corrected chi connectivity index (χ3v) is 9.10. The van der Waals surface area contributed by atoms with Gasteiger partial charge in [-0.2, -0.15) is 0 Å². The Morgan fingerprint density at radius 1 is 1.02 bits per heavy atom. The molecule has 2 aliphatic rings. The van der Waals surface area contributed by atoms with Gasteiger partial charge in [-0.25, -0.2) is 4.98 Å². The van der Waals surface area contributed by atoms with Crippen LogP contribution in [0, 0.1) is 0 Å². The van der Waals surface area contributed by atoms with E-state index in [1.54, 1.807) is 33.5 Å². The summed E-state index contributed by atoms with van der Waals surface area (Å²) in [5, 5.41) is 6.29. The summed E-state index contributed by atoms with van der Waals surface area (Å²) in [6.45, 7) is 2.62. The fourth-order valence-electron chi connectivity index (χ4n) is 6.94. The number of amides is 2. The Bertz CT molecular complexity index is 1840. The van der Waals surface area contributed by atoms with Crippen molar-refractivity contribution in [1.82, 2.24) is 20.2 Å². The largest absolute Gasteiger partial charge is 0.493 e. The molecule has 11 heteroatoms. The van der Waals surface area contributed by atoms with Gasteiger partial charge >= 0.3 is 0 Å². The second kappa shape index (κ2) is 13.7. The summed E-state index contributed by atoms with van der Waals surface area (Å²) >= 11 is 0. The number of imidazole rings is 1. The summed E-state index contributed by atoms with van der Waals surface area (Å²) in [6, 6.07) is 14.6. The fraction of sp³-hybridized carbons (Fsp3) is 0.389. The van der Waals surface area contributed by atoms with Gasteiger partial charge in [-0.3, -0.25) is 14.4 Å². The second-order valence-electron chi connectivity index (χ2n) is 12.0. The van der Waals surface area contributed by atoms with Crippen LogP contribution in [0.4, 0.5) is 5.69 Å². The topological polar surface area (TPSA) is 135 Å². The molecule has 6 rings (SSSR count). The van der Waals surface area contributed by atoms with E-state index in [1.807, 2.05) is 41.3 Å². The molecule has 1 aliphatic carbocycles. The lowest BCUT2D eigenvalue weighted by Crippen LogP contribution is -2.31. The minimum atomic E-state index is -0.387. The van der Waals surface area contributed by atoms with E-state index in [0.717, 1.165) is 46.4 Å². The first kappa shape index (κ1) is 31.9. The molecule has 2 atom stereocenters. The molecule has 3 aromatic carbocycles. The number of aromatic amines is 1. The number of methoxy groups -OCH3 is 3. The number of aromatic nitrogens is 2. The molecule has 4 aromatic rings. The SMILES string of the molecule is COc1cc2c(c(OC)c1OC)-c1ccc(NCCCC(=O)N3CCC[C@H]3c3nc4ccccc4[nH]3)c(=O)cc1[C@@H](NC(C)=O)CC2. The highest BCUT2D eigenvalue weighted by Gasteiger charge is 2.32. The van der Waals surface area contributed by atoms with Crippen LogP contribution in [0.15, 0.2) is 53.3 Å². The van der Waals surface area contributed by atoms with Crippen LogP contribution in [0.2, 0.25) is 0 Å². The van der Waals surface area contributed by atoms with E-state index in [0.29, 0.717) is 67.3 Å². The van der Waals surface area contributed by atoms with Crippen molar-refractivity contribution in [2.24, 2.45) is 0 Å². The number of anilines is 1. The van der Waals surface area contributed by atoms with Gasteiger partial charge in [0.2, 0.25) is 23.0 Å². The molecule has 0 saturated carbocycles. The van der Waals surface area contributed by atoms with Crippen LogP contribution in [0.5, 0.6) is 17.2 Å². The minimum Gasteiger partial charge on any atom is -0.493 e. The molecule has 1 saturated heterocycles. The maximum atomic E-state index is 13.6. The molecule has 0 unspecified atom stereocenters. The van der Waals surface area contributed by atoms with Gasteiger partial charge in [0.1, 0.15) is 5.82 Å². The lowest BCUT2D eigenvalue weighted by molar-refractivity contribution is -0.132. The molecule has 0 spiro atoms. The number of rotatable bonds is 10. The molecule has 11 nitrogen and oxygen atoms in total. The molecule has 1 aromatic heterocycles. The molecule has 3 N–H and O–H groups in total. The van der Waals surface area contributed by atoms with Crippen LogP contribution in [0.3, 0.4) is 0 Å². The van der Waals surface area contributed by atoms with E-state index in [-0.39, 0.29) is 29.3 Å². The summed E-state index contributed by atoms with van der Waals surface area (Å²) in [4.78, 5) is 49.2. The van der Waals surface area contributed by atoms with Gasteiger partial charge in [0.15, 0.2) is 11.5 Å². The van der Waals surface area contributed by atoms with Gasteiger partial charge in [-0.05, 0) is 79.1 Å². The van der Waals surface area contributed by atoms with Crippen molar-refractivity contribution in [3.05, 3.63) is 75.7 Å². The van der Waals surface area contributed by atoms with E-state index in [9.17, 15) is 14.4 Å². The van der Waals surface area contributed by atoms with Gasteiger partial charge in [0.25, 0.3) is 0 Å². The standard InChI is InChI=1S/C36H41N5O6/c1-21(42)38-25-15-13-22-19-31(45-2)34(46-3)35(47-4)33(22)23-14-16-28(30(43)20-24(23)25)37-17-7-12-32(44)41-18-8-11-29(41)36-39-26-9-5-6-10-27(26)40-36/h5-6,9-10,14,16,19-20,25,29H,7-8,11-13,15,17-18H2,1-4H3,(H,37,43)(H,38,42)(H,39,40)/t25-,29-/m0/s1. The summed E-state index contributed by atoms with van der Waals surface area (Å²) < 4.78 is 17.1. The van der Waals surface area contributed by atoms with E-state index >= 15 is 0 Å². The summed E-state index contributed by atoms with van der Waals surface area (Å²) in [7, 11) is 4.71. The number of para-hydroxylation sites is 2. The average Bonchev–Trinajstić information content (AvgIpc) is 3.67. The van der Waals surface area contributed by atoms with E-state index in [1.165, 1.54) is 6.92 Å². The first-order valence-corrected chi connectivity index (χ1v) is 16.1. The van der Waals surface area contributed by atoms with Gasteiger partial charge in [0, 0.05) is 32.0 Å². The van der Waals surface area contributed by atoms with Crippen LogP contribution in [0.25, 0.3) is 22.2 Å². The monoisotopic (exact) mass is 639 g/mol. The van der Waals surface area contributed by atoms with Crippen molar-refractivity contribution in [2.45, 2.75) is 57.5 Å². The molecular formula is C36H41N5O6. The third-order valence-electron chi connectivity index (χ3n) is 9.10. The lowest BCUT2D eigenvalue weighted by atomic mass is 9.95. The second-order valence-corrected chi connectivity index (χ2v) is 12.0. The van der Waals surface area contributed by atoms with E-state index in [2.05, 4.69) is 15.6 Å². The lowest BCUT2D eigenvalue weighted by Gasteiger charge is -2.23. The molecule has 0 bridgehead atoms. The molecular weight excluding hydrogens is 598 g/mol. The van der Waals surface area contributed by atoms with Gasteiger partial charge in [-0.15, -0.1) is 0 Å². The van der Waals surface area contributed by atoms with E-state index < -0.39 is 0 Å². The van der Waals surface area contributed by atoms with Crippen molar-refractivity contribution in [1.29, 1.82) is 0 Å². The van der Waals surface area contributed by atoms with E-state index in [4.69, 9.17) is 19.2 Å². The molecule has 47 heavy (non-hydrogen) atoms. The van der Waals surface area contributed by atoms with Crippen LogP contribution in [-0.2, 0) is 16.0 Å². The van der Waals surface area contributed by atoms with Crippen LogP contribution >= 0.6 is 0 Å². The highest BCUT2D eigenvalue weighted by Crippen LogP contribution is 2.50. The normalized spacial score (nSPS) is 17.0. The van der Waals surface area contributed by atoms with Crippen LogP contribution in [0.1, 0.15) is 68.1 Å². The number of carbonyl (C=O) groups excluding carboxylic acids is 2. The molecule has 2 heterocycles.